The summed E-state index contributed by atoms with van der Waals surface area (Å²) < 4.78 is 11.0. The van der Waals surface area contributed by atoms with Crippen molar-refractivity contribution < 1.29 is 9.47 Å². The zero-order valence-electron chi connectivity index (χ0n) is 9.50. The molecule has 0 amide bonds. The van der Waals surface area contributed by atoms with E-state index in [0.717, 1.165) is 19.8 Å². The Labute approximate surface area is 87.4 Å². The molecule has 0 aromatic carbocycles. The molecule has 0 spiro atoms. The Kier molecular flexibility index (Phi) is 6.15. The van der Waals surface area contributed by atoms with Gasteiger partial charge in [0.2, 0.25) is 0 Å². The summed E-state index contributed by atoms with van der Waals surface area (Å²) in [5.74, 6) is 0. The van der Waals surface area contributed by atoms with Gasteiger partial charge in [-0.25, -0.2) is 0 Å². The van der Waals surface area contributed by atoms with E-state index in [2.05, 4.69) is 4.90 Å². The van der Waals surface area contributed by atoms with E-state index in [1.807, 2.05) is 13.8 Å². The van der Waals surface area contributed by atoms with Gasteiger partial charge in [0.25, 0.3) is 0 Å². The van der Waals surface area contributed by atoms with Crippen LogP contribution >= 0.6 is 0 Å². The molecule has 1 aliphatic rings. The fourth-order valence-corrected chi connectivity index (χ4v) is 1.88. The number of ether oxygens (including phenoxy) is 2. The molecule has 0 bridgehead atoms. The minimum absolute atomic E-state index is 0.0249. The Balaban J connectivity index is 2.21. The highest BCUT2D eigenvalue weighted by molar-refractivity contribution is 4.65. The van der Waals surface area contributed by atoms with Crippen LogP contribution in [0.15, 0.2) is 0 Å². The average Bonchev–Trinajstić information content (AvgIpc) is 2.20. The van der Waals surface area contributed by atoms with Crippen LogP contribution in [0.4, 0.5) is 0 Å². The van der Waals surface area contributed by atoms with Crippen molar-refractivity contribution in [2.24, 2.45) is 0 Å². The number of hydrogen-bond donors (Lipinski definition) is 0. The Hall–Kier alpha value is -0.120. The molecule has 0 aliphatic carbocycles. The molecule has 1 aliphatic heterocycles. The SMILES string of the molecule is CCOC(CN1CCCCC1)OCC. The molecule has 84 valence electrons. The maximum absolute atomic E-state index is 5.52. The number of piperidine rings is 1. The van der Waals surface area contributed by atoms with Gasteiger partial charge in [-0.3, -0.25) is 4.90 Å². The minimum Gasteiger partial charge on any atom is -0.352 e. The summed E-state index contributed by atoms with van der Waals surface area (Å²) in [7, 11) is 0. The molecule has 0 aromatic rings. The van der Waals surface area contributed by atoms with Crippen LogP contribution in [-0.4, -0.2) is 44.0 Å². The number of hydrogen-bond acceptors (Lipinski definition) is 3. The summed E-state index contributed by atoms with van der Waals surface area (Å²) in [6.07, 6.45) is 4.00. The molecule has 0 saturated carbocycles. The predicted octanol–water partition coefficient (Wildman–Crippen LogP) is 1.87. The number of rotatable bonds is 6. The Bertz CT molecular complexity index is 129. The predicted molar refractivity (Wildman–Crippen MR) is 57.3 cm³/mol. The second kappa shape index (κ2) is 7.21. The molecule has 0 aromatic heterocycles. The first-order valence-corrected chi connectivity index (χ1v) is 5.82. The van der Waals surface area contributed by atoms with Crippen LogP contribution in [0, 0.1) is 0 Å². The van der Waals surface area contributed by atoms with E-state index in [0.29, 0.717) is 0 Å². The maximum Gasteiger partial charge on any atom is 0.170 e. The Morgan fingerprint density at radius 3 is 2.07 bits per heavy atom. The lowest BCUT2D eigenvalue weighted by Crippen LogP contribution is -2.38. The lowest BCUT2D eigenvalue weighted by atomic mass is 10.1. The van der Waals surface area contributed by atoms with Gasteiger partial charge in [-0.1, -0.05) is 6.42 Å². The molecule has 3 heteroatoms. The Morgan fingerprint density at radius 1 is 1.00 bits per heavy atom. The standard InChI is InChI=1S/C11H23NO2/c1-3-13-11(14-4-2)10-12-8-6-5-7-9-12/h11H,3-10H2,1-2H3. The van der Waals surface area contributed by atoms with Crippen molar-refractivity contribution in [3.05, 3.63) is 0 Å². The van der Waals surface area contributed by atoms with E-state index in [4.69, 9.17) is 9.47 Å². The lowest BCUT2D eigenvalue weighted by Gasteiger charge is -2.29. The van der Waals surface area contributed by atoms with Crippen molar-refractivity contribution >= 4 is 0 Å². The molecule has 14 heavy (non-hydrogen) atoms. The van der Waals surface area contributed by atoms with Gasteiger partial charge in [-0.2, -0.15) is 0 Å². The first-order chi connectivity index (χ1) is 6.86. The molecule has 0 unspecified atom stereocenters. The fraction of sp³-hybridized carbons (Fsp3) is 1.00. The van der Waals surface area contributed by atoms with Gasteiger partial charge < -0.3 is 9.47 Å². The van der Waals surface area contributed by atoms with Crippen molar-refractivity contribution in [2.75, 3.05) is 32.8 Å². The van der Waals surface area contributed by atoms with E-state index in [9.17, 15) is 0 Å². The topological polar surface area (TPSA) is 21.7 Å². The van der Waals surface area contributed by atoms with Crippen molar-refractivity contribution in [1.29, 1.82) is 0 Å². The second-order valence-electron chi connectivity index (χ2n) is 3.70. The largest absolute Gasteiger partial charge is 0.352 e. The summed E-state index contributed by atoms with van der Waals surface area (Å²) in [6, 6.07) is 0. The molecular weight excluding hydrogens is 178 g/mol. The van der Waals surface area contributed by atoms with Crippen molar-refractivity contribution in [1.82, 2.24) is 4.90 Å². The molecule has 3 nitrogen and oxygen atoms in total. The highest BCUT2D eigenvalue weighted by Crippen LogP contribution is 2.10. The van der Waals surface area contributed by atoms with Crippen LogP contribution in [0.25, 0.3) is 0 Å². The maximum atomic E-state index is 5.52. The zero-order valence-corrected chi connectivity index (χ0v) is 9.50. The van der Waals surface area contributed by atoms with Gasteiger partial charge in [0.1, 0.15) is 0 Å². The summed E-state index contributed by atoms with van der Waals surface area (Å²) in [6.45, 7) is 8.84. The van der Waals surface area contributed by atoms with E-state index in [1.54, 1.807) is 0 Å². The van der Waals surface area contributed by atoms with Gasteiger partial charge in [0, 0.05) is 19.8 Å². The van der Waals surface area contributed by atoms with E-state index in [1.165, 1.54) is 32.4 Å². The minimum atomic E-state index is -0.0249. The van der Waals surface area contributed by atoms with E-state index >= 15 is 0 Å². The molecule has 0 radical (unpaired) electrons. The third-order valence-corrected chi connectivity index (χ3v) is 2.56. The Morgan fingerprint density at radius 2 is 1.57 bits per heavy atom. The number of likely N-dealkylation sites (tertiary alicyclic amines) is 1. The number of nitrogens with zero attached hydrogens (tertiary/aromatic N) is 1. The quantitative estimate of drug-likeness (QED) is 0.612. The molecule has 1 fully saturated rings. The average molecular weight is 201 g/mol. The first-order valence-electron chi connectivity index (χ1n) is 5.82. The van der Waals surface area contributed by atoms with Crippen molar-refractivity contribution in [3.63, 3.8) is 0 Å². The normalized spacial score (nSPS) is 19.1. The molecule has 1 rings (SSSR count). The fourth-order valence-electron chi connectivity index (χ4n) is 1.88. The third-order valence-electron chi connectivity index (χ3n) is 2.56. The molecule has 1 heterocycles. The van der Waals surface area contributed by atoms with Gasteiger partial charge in [0.15, 0.2) is 6.29 Å². The second-order valence-corrected chi connectivity index (χ2v) is 3.70. The zero-order chi connectivity index (χ0) is 10.2. The molecule has 0 atom stereocenters. The van der Waals surface area contributed by atoms with Gasteiger partial charge >= 0.3 is 0 Å². The highest BCUT2D eigenvalue weighted by Gasteiger charge is 2.16. The van der Waals surface area contributed by atoms with E-state index < -0.39 is 0 Å². The van der Waals surface area contributed by atoms with Crippen LogP contribution in [0.5, 0.6) is 0 Å². The van der Waals surface area contributed by atoms with Crippen LogP contribution < -0.4 is 0 Å². The third kappa shape index (κ3) is 4.40. The van der Waals surface area contributed by atoms with Crippen LogP contribution in [0.3, 0.4) is 0 Å². The first kappa shape index (κ1) is 12.0. The molecule has 1 saturated heterocycles. The summed E-state index contributed by atoms with van der Waals surface area (Å²) in [5, 5.41) is 0. The van der Waals surface area contributed by atoms with Crippen molar-refractivity contribution in [2.45, 2.75) is 39.4 Å². The lowest BCUT2D eigenvalue weighted by molar-refractivity contribution is -0.148. The van der Waals surface area contributed by atoms with Crippen LogP contribution in [0.2, 0.25) is 0 Å². The van der Waals surface area contributed by atoms with Gasteiger partial charge in [-0.05, 0) is 39.8 Å². The van der Waals surface area contributed by atoms with Gasteiger partial charge in [-0.15, -0.1) is 0 Å². The summed E-state index contributed by atoms with van der Waals surface area (Å²) in [5.41, 5.74) is 0. The van der Waals surface area contributed by atoms with Crippen LogP contribution in [-0.2, 0) is 9.47 Å². The van der Waals surface area contributed by atoms with Crippen LogP contribution in [0.1, 0.15) is 33.1 Å². The van der Waals surface area contributed by atoms with Gasteiger partial charge in [0.05, 0.1) is 0 Å². The summed E-state index contributed by atoms with van der Waals surface area (Å²) >= 11 is 0. The summed E-state index contributed by atoms with van der Waals surface area (Å²) in [4.78, 5) is 2.44. The van der Waals surface area contributed by atoms with E-state index in [-0.39, 0.29) is 6.29 Å². The smallest absolute Gasteiger partial charge is 0.170 e. The monoisotopic (exact) mass is 201 g/mol. The highest BCUT2D eigenvalue weighted by atomic mass is 16.7. The van der Waals surface area contributed by atoms with Crippen molar-refractivity contribution in [3.8, 4) is 0 Å². The molecule has 0 N–H and O–H groups in total. The molecular formula is C11H23NO2.